The summed E-state index contributed by atoms with van der Waals surface area (Å²) in [5.41, 5.74) is 0.744. The molecule has 0 fully saturated rings. The van der Waals surface area contributed by atoms with E-state index in [-0.39, 0.29) is 0 Å². The minimum absolute atomic E-state index is 0.396. The third-order valence-electron chi connectivity index (χ3n) is 1.47. The quantitative estimate of drug-likeness (QED) is 0.557. The van der Waals surface area contributed by atoms with E-state index in [4.69, 9.17) is 6.42 Å². The summed E-state index contributed by atoms with van der Waals surface area (Å²) in [6.07, 6.45) is 12.7. The molecule has 3 heteroatoms. The molecule has 0 aromatic heterocycles. The molecule has 1 rings (SSSR count). The van der Waals surface area contributed by atoms with Gasteiger partial charge in [-0.25, -0.2) is 5.01 Å². The Morgan fingerprint density at radius 2 is 2.46 bits per heavy atom. The highest BCUT2D eigenvalue weighted by Gasteiger charge is 2.00. The SMILES string of the molecule is C#CCN1N=NC/C=C\C=C/C1=C. The zero-order chi connectivity index (χ0) is 9.52. The molecule has 0 unspecified atom stereocenters. The zero-order valence-electron chi connectivity index (χ0n) is 7.35. The van der Waals surface area contributed by atoms with Gasteiger partial charge in [-0.1, -0.05) is 36.0 Å². The van der Waals surface area contributed by atoms with Gasteiger partial charge in [0.2, 0.25) is 0 Å². The smallest absolute Gasteiger partial charge is 0.104 e. The maximum atomic E-state index is 5.18. The standard InChI is InChI=1S/C10H11N3/c1-3-9-13-10(2)7-5-4-6-8-11-12-13/h1,4-7H,2,8-9H2/b6-4-,7-5-,12-11?. The van der Waals surface area contributed by atoms with Gasteiger partial charge in [-0.05, 0) is 6.08 Å². The summed E-state index contributed by atoms with van der Waals surface area (Å²) >= 11 is 0. The summed E-state index contributed by atoms with van der Waals surface area (Å²) in [4.78, 5) is 0. The first kappa shape index (κ1) is 9.27. The molecule has 0 bridgehead atoms. The molecule has 0 atom stereocenters. The Hall–Kier alpha value is -1.82. The summed E-state index contributed by atoms with van der Waals surface area (Å²) in [5, 5.41) is 9.42. The highest BCUT2D eigenvalue weighted by Crippen LogP contribution is 2.05. The van der Waals surface area contributed by atoms with Crippen molar-refractivity contribution in [1.29, 1.82) is 0 Å². The Morgan fingerprint density at radius 1 is 1.62 bits per heavy atom. The van der Waals surface area contributed by atoms with Crippen molar-refractivity contribution in [3.8, 4) is 12.3 Å². The fourth-order valence-electron chi connectivity index (χ4n) is 0.829. The third-order valence-corrected chi connectivity index (χ3v) is 1.47. The van der Waals surface area contributed by atoms with Crippen molar-refractivity contribution in [2.45, 2.75) is 0 Å². The fraction of sp³-hybridized carbons (Fsp3) is 0.200. The van der Waals surface area contributed by atoms with Gasteiger partial charge in [0.05, 0.1) is 12.2 Å². The molecule has 1 heterocycles. The van der Waals surface area contributed by atoms with Crippen LogP contribution in [0.25, 0.3) is 0 Å². The summed E-state index contributed by atoms with van der Waals surface area (Å²) < 4.78 is 0. The van der Waals surface area contributed by atoms with E-state index in [1.165, 1.54) is 0 Å². The lowest BCUT2D eigenvalue weighted by molar-refractivity contribution is 0.392. The lowest BCUT2D eigenvalue weighted by Crippen LogP contribution is -2.14. The summed E-state index contributed by atoms with van der Waals surface area (Å²) in [6, 6.07) is 0. The third kappa shape index (κ3) is 2.96. The zero-order valence-corrected chi connectivity index (χ0v) is 7.35. The van der Waals surface area contributed by atoms with E-state index in [2.05, 4.69) is 22.8 Å². The van der Waals surface area contributed by atoms with Gasteiger partial charge in [-0.15, -0.1) is 6.42 Å². The van der Waals surface area contributed by atoms with E-state index >= 15 is 0 Å². The molecule has 3 nitrogen and oxygen atoms in total. The average Bonchev–Trinajstić information content (AvgIpc) is 2.21. The van der Waals surface area contributed by atoms with Crippen LogP contribution in [0, 0.1) is 12.3 Å². The molecule has 0 aromatic carbocycles. The fourth-order valence-corrected chi connectivity index (χ4v) is 0.829. The van der Waals surface area contributed by atoms with Crippen LogP contribution < -0.4 is 0 Å². The first-order valence-electron chi connectivity index (χ1n) is 3.95. The second-order valence-electron chi connectivity index (χ2n) is 2.45. The normalized spacial score (nSPS) is 21.2. The highest BCUT2D eigenvalue weighted by atomic mass is 15.5. The molecule has 1 aliphatic heterocycles. The van der Waals surface area contributed by atoms with Gasteiger partial charge in [0.15, 0.2) is 0 Å². The van der Waals surface area contributed by atoms with Crippen LogP contribution in [-0.2, 0) is 0 Å². The van der Waals surface area contributed by atoms with E-state index in [0.29, 0.717) is 13.1 Å². The molecular weight excluding hydrogens is 162 g/mol. The summed E-state index contributed by atoms with van der Waals surface area (Å²) in [7, 11) is 0. The first-order chi connectivity index (χ1) is 6.34. The predicted molar refractivity (Wildman–Crippen MR) is 52.7 cm³/mol. The van der Waals surface area contributed by atoms with E-state index in [0.717, 1.165) is 5.70 Å². The molecule has 0 aliphatic carbocycles. The van der Waals surface area contributed by atoms with Crippen molar-refractivity contribution >= 4 is 0 Å². The van der Waals surface area contributed by atoms with Crippen LogP contribution in [-0.4, -0.2) is 18.1 Å². The number of terminal acetylenes is 1. The lowest BCUT2D eigenvalue weighted by atomic mass is 10.3. The molecule has 0 saturated heterocycles. The molecular formula is C10H11N3. The molecule has 0 saturated carbocycles. The topological polar surface area (TPSA) is 28.0 Å². The van der Waals surface area contributed by atoms with Crippen LogP contribution >= 0.6 is 0 Å². The average molecular weight is 173 g/mol. The van der Waals surface area contributed by atoms with Crippen molar-refractivity contribution in [3.63, 3.8) is 0 Å². The number of hydrogen-bond acceptors (Lipinski definition) is 3. The van der Waals surface area contributed by atoms with Crippen LogP contribution in [0.5, 0.6) is 0 Å². The number of nitrogens with zero attached hydrogens (tertiary/aromatic N) is 3. The van der Waals surface area contributed by atoms with Gasteiger partial charge in [-0.2, -0.15) is 5.11 Å². The van der Waals surface area contributed by atoms with E-state index in [1.54, 1.807) is 5.01 Å². The van der Waals surface area contributed by atoms with Crippen LogP contribution in [0.15, 0.2) is 46.9 Å². The monoisotopic (exact) mass is 173 g/mol. The first-order valence-corrected chi connectivity index (χ1v) is 3.95. The van der Waals surface area contributed by atoms with E-state index in [9.17, 15) is 0 Å². The Balaban J connectivity index is 2.76. The molecule has 66 valence electrons. The van der Waals surface area contributed by atoms with Gasteiger partial charge in [0.1, 0.15) is 6.54 Å². The lowest BCUT2D eigenvalue weighted by Gasteiger charge is -2.13. The second kappa shape index (κ2) is 4.94. The van der Waals surface area contributed by atoms with Crippen LogP contribution in [0.2, 0.25) is 0 Å². The minimum atomic E-state index is 0.396. The Morgan fingerprint density at radius 3 is 3.23 bits per heavy atom. The Kier molecular flexibility index (Phi) is 3.52. The summed E-state index contributed by atoms with van der Waals surface area (Å²) in [5.74, 6) is 2.49. The van der Waals surface area contributed by atoms with E-state index in [1.807, 2.05) is 24.3 Å². The molecule has 13 heavy (non-hydrogen) atoms. The van der Waals surface area contributed by atoms with Crippen LogP contribution in [0.3, 0.4) is 0 Å². The van der Waals surface area contributed by atoms with Crippen molar-refractivity contribution in [2.24, 2.45) is 10.3 Å². The van der Waals surface area contributed by atoms with Crippen LogP contribution in [0.4, 0.5) is 0 Å². The van der Waals surface area contributed by atoms with Gasteiger partial charge < -0.3 is 0 Å². The molecule has 1 aliphatic rings. The number of hydrogen-bond donors (Lipinski definition) is 0. The summed E-state index contributed by atoms with van der Waals surface area (Å²) in [6.45, 7) is 4.78. The van der Waals surface area contributed by atoms with Crippen molar-refractivity contribution in [2.75, 3.05) is 13.1 Å². The van der Waals surface area contributed by atoms with E-state index < -0.39 is 0 Å². The molecule has 0 radical (unpaired) electrons. The molecule has 0 amide bonds. The largest absolute Gasteiger partial charge is 0.236 e. The van der Waals surface area contributed by atoms with Gasteiger partial charge >= 0.3 is 0 Å². The van der Waals surface area contributed by atoms with Gasteiger partial charge in [0.25, 0.3) is 0 Å². The Labute approximate surface area is 78.1 Å². The van der Waals surface area contributed by atoms with Gasteiger partial charge in [0, 0.05) is 0 Å². The molecule has 0 aromatic rings. The van der Waals surface area contributed by atoms with Crippen molar-refractivity contribution < 1.29 is 0 Å². The molecule has 0 spiro atoms. The predicted octanol–water partition coefficient (Wildman–Crippen LogP) is 1.93. The Bertz CT molecular complexity index is 305. The van der Waals surface area contributed by atoms with Crippen LogP contribution in [0.1, 0.15) is 0 Å². The maximum Gasteiger partial charge on any atom is 0.104 e. The van der Waals surface area contributed by atoms with Gasteiger partial charge in [-0.3, -0.25) is 0 Å². The second-order valence-corrected chi connectivity index (χ2v) is 2.45. The number of rotatable bonds is 1. The minimum Gasteiger partial charge on any atom is -0.236 e. The number of allylic oxidation sites excluding steroid dienone is 3. The maximum absolute atomic E-state index is 5.18. The molecule has 0 N–H and O–H groups in total. The van der Waals surface area contributed by atoms with Crippen molar-refractivity contribution in [3.05, 3.63) is 36.6 Å². The van der Waals surface area contributed by atoms with Crippen molar-refractivity contribution in [1.82, 2.24) is 5.01 Å². The highest BCUT2D eigenvalue weighted by molar-refractivity contribution is 5.19.